The average molecular weight is 446 g/mol. The first-order chi connectivity index (χ1) is 14.5. The normalized spacial score (nSPS) is 15.5. The molecule has 156 valence electrons. The number of ether oxygens (including phenoxy) is 2. The number of methoxy groups -OCH3 is 2. The van der Waals surface area contributed by atoms with Crippen LogP contribution in [0.25, 0.3) is 0 Å². The lowest BCUT2D eigenvalue weighted by Crippen LogP contribution is -2.44. The highest BCUT2D eigenvalue weighted by Crippen LogP contribution is 2.39. The Morgan fingerprint density at radius 3 is 2.60 bits per heavy atom. The fourth-order valence-electron chi connectivity index (χ4n) is 3.75. The van der Waals surface area contributed by atoms with Crippen molar-refractivity contribution in [3.05, 3.63) is 76.0 Å². The fourth-order valence-corrected chi connectivity index (χ4v) is 4.05. The molecule has 8 heteroatoms. The van der Waals surface area contributed by atoms with Gasteiger partial charge in [-0.2, -0.15) is 0 Å². The highest BCUT2D eigenvalue weighted by Gasteiger charge is 2.34. The van der Waals surface area contributed by atoms with E-state index in [-0.39, 0.29) is 12.1 Å². The Balaban J connectivity index is 1.73. The van der Waals surface area contributed by atoms with Crippen molar-refractivity contribution in [1.82, 2.24) is 9.47 Å². The number of hydrogen-bond acceptors (Lipinski definition) is 3. The van der Waals surface area contributed by atoms with E-state index in [1.165, 1.54) is 0 Å². The molecule has 6 nitrogen and oxygen atoms in total. The topological polar surface area (TPSA) is 55.7 Å². The third-order valence-electron chi connectivity index (χ3n) is 5.20. The molecule has 0 fully saturated rings. The number of carbonyl (C=O) groups excluding carboxylic acids is 1. The van der Waals surface area contributed by atoms with Crippen LogP contribution in [0.3, 0.4) is 0 Å². The number of hydrogen-bond donors (Lipinski definition) is 1. The number of aromatic nitrogens is 1. The summed E-state index contributed by atoms with van der Waals surface area (Å²) in [5.74, 6) is 1.38. The summed E-state index contributed by atoms with van der Waals surface area (Å²) in [7, 11) is 3.23. The van der Waals surface area contributed by atoms with Crippen LogP contribution in [0.15, 0.2) is 54.7 Å². The van der Waals surface area contributed by atoms with Gasteiger partial charge in [0, 0.05) is 36.2 Å². The second kappa shape index (κ2) is 8.50. The van der Waals surface area contributed by atoms with Crippen molar-refractivity contribution in [3.8, 4) is 11.5 Å². The van der Waals surface area contributed by atoms with Gasteiger partial charge in [-0.05, 0) is 48.5 Å². The monoisotopic (exact) mass is 445 g/mol. The molecule has 1 aromatic heterocycles. The second-order valence-electron chi connectivity index (χ2n) is 6.89. The maximum atomic E-state index is 13.3. The van der Waals surface area contributed by atoms with E-state index in [9.17, 15) is 4.79 Å². The number of anilines is 1. The number of urea groups is 1. The zero-order chi connectivity index (χ0) is 21.3. The molecular weight excluding hydrogens is 425 g/mol. The van der Waals surface area contributed by atoms with Gasteiger partial charge >= 0.3 is 6.03 Å². The summed E-state index contributed by atoms with van der Waals surface area (Å²) in [6, 6.07) is 14.0. The smallest absolute Gasteiger partial charge is 0.322 e. The number of benzene rings is 2. The molecule has 3 aromatic rings. The van der Waals surface area contributed by atoms with E-state index in [1.54, 1.807) is 37.3 Å². The van der Waals surface area contributed by atoms with Gasteiger partial charge in [0.15, 0.2) is 0 Å². The maximum absolute atomic E-state index is 13.3. The van der Waals surface area contributed by atoms with Gasteiger partial charge in [0.2, 0.25) is 0 Å². The highest BCUT2D eigenvalue weighted by atomic mass is 35.5. The van der Waals surface area contributed by atoms with Crippen LogP contribution in [0.2, 0.25) is 10.0 Å². The van der Waals surface area contributed by atoms with Crippen LogP contribution in [-0.4, -0.2) is 36.3 Å². The summed E-state index contributed by atoms with van der Waals surface area (Å²) in [5.41, 5.74) is 2.42. The fraction of sp³-hybridized carbons (Fsp3) is 0.227. The average Bonchev–Trinajstić information content (AvgIpc) is 3.24. The van der Waals surface area contributed by atoms with Gasteiger partial charge in [-0.3, -0.25) is 0 Å². The van der Waals surface area contributed by atoms with Gasteiger partial charge in [0.1, 0.15) is 17.5 Å². The Bertz CT molecular complexity index is 1080. The zero-order valence-corrected chi connectivity index (χ0v) is 18.1. The number of nitrogens with one attached hydrogen (secondary N) is 1. The van der Waals surface area contributed by atoms with E-state index in [2.05, 4.69) is 9.88 Å². The third kappa shape index (κ3) is 3.80. The highest BCUT2D eigenvalue weighted by molar-refractivity contribution is 6.42. The van der Waals surface area contributed by atoms with E-state index in [1.807, 2.05) is 36.5 Å². The Hall–Kier alpha value is -2.83. The van der Waals surface area contributed by atoms with Crippen molar-refractivity contribution >= 4 is 34.9 Å². The number of rotatable bonds is 4. The minimum atomic E-state index is -0.346. The minimum absolute atomic E-state index is 0.240. The summed E-state index contributed by atoms with van der Waals surface area (Å²) in [5, 5.41) is 3.75. The van der Waals surface area contributed by atoms with Crippen molar-refractivity contribution in [2.75, 3.05) is 26.1 Å². The molecule has 30 heavy (non-hydrogen) atoms. The molecule has 2 amide bonds. The molecule has 1 atom stereocenters. The Labute approximate surface area is 184 Å². The molecule has 1 aliphatic heterocycles. The lowest BCUT2D eigenvalue weighted by Gasteiger charge is -2.37. The molecule has 0 radical (unpaired) electrons. The summed E-state index contributed by atoms with van der Waals surface area (Å²) >= 11 is 12.1. The quantitative estimate of drug-likeness (QED) is 0.580. The van der Waals surface area contributed by atoms with Crippen LogP contribution in [0.1, 0.15) is 17.3 Å². The SMILES string of the molecule is COc1ccc(OC)c([C@H]2c3cccn3CCN2C(=O)Nc2ccc(Cl)c(Cl)c2)c1. The van der Waals surface area contributed by atoms with E-state index in [0.717, 1.165) is 11.3 Å². The molecule has 4 rings (SSSR count). The second-order valence-corrected chi connectivity index (χ2v) is 7.70. The predicted octanol–water partition coefficient (Wildman–Crippen LogP) is 5.45. The van der Waals surface area contributed by atoms with Gasteiger partial charge in [-0.15, -0.1) is 0 Å². The molecule has 0 bridgehead atoms. The largest absolute Gasteiger partial charge is 0.497 e. The number of fused-ring (bicyclic) bond motifs is 1. The van der Waals surface area contributed by atoms with Crippen LogP contribution in [-0.2, 0) is 6.54 Å². The molecule has 0 unspecified atom stereocenters. The van der Waals surface area contributed by atoms with Crippen molar-refractivity contribution in [1.29, 1.82) is 0 Å². The first-order valence-electron chi connectivity index (χ1n) is 9.41. The number of halogens is 2. The van der Waals surface area contributed by atoms with E-state index < -0.39 is 0 Å². The van der Waals surface area contributed by atoms with Gasteiger partial charge in [0.05, 0.1) is 24.3 Å². The molecule has 1 N–H and O–H groups in total. The molecule has 0 saturated heterocycles. The lowest BCUT2D eigenvalue weighted by atomic mass is 9.98. The first kappa shape index (κ1) is 20.4. The van der Waals surface area contributed by atoms with E-state index >= 15 is 0 Å². The molecule has 0 spiro atoms. The van der Waals surface area contributed by atoms with Gasteiger partial charge < -0.3 is 24.3 Å². The zero-order valence-electron chi connectivity index (χ0n) is 16.6. The third-order valence-corrected chi connectivity index (χ3v) is 5.94. The van der Waals surface area contributed by atoms with Crippen LogP contribution in [0.5, 0.6) is 11.5 Å². The van der Waals surface area contributed by atoms with Crippen LogP contribution in [0, 0.1) is 0 Å². The van der Waals surface area contributed by atoms with Crippen LogP contribution >= 0.6 is 23.2 Å². The lowest BCUT2D eigenvalue weighted by molar-refractivity contribution is 0.180. The van der Waals surface area contributed by atoms with Crippen molar-refractivity contribution in [3.63, 3.8) is 0 Å². The van der Waals surface area contributed by atoms with Crippen molar-refractivity contribution in [2.45, 2.75) is 12.6 Å². The summed E-state index contributed by atoms with van der Waals surface area (Å²) in [6.07, 6.45) is 2.02. The number of carbonyl (C=O) groups is 1. The minimum Gasteiger partial charge on any atom is -0.497 e. The van der Waals surface area contributed by atoms with Gasteiger partial charge in [0.25, 0.3) is 0 Å². The standard InChI is InChI=1S/C22H21Cl2N3O3/c1-29-15-6-8-20(30-2)16(13-15)21-19-4-3-9-26(19)10-11-27(21)22(28)25-14-5-7-17(23)18(24)12-14/h3-9,12-13,21H,10-11H2,1-2H3,(H,25,28)/t21-/m0/s1. The Morgan fingerprint density at radius 1 is 1.03 bits per heavy atom. The molecule has 2 aromatic carbocycles. The Kier molecular flexibility index (Phi) is 5.79. The van der Waals surface area contributed by atoms with E-state index in [0.29, 0.717) is 40.3 Å². The van der Waals surface area contributed by atoms with Crippen LogP contribution < -0.4 is 14.8 Å². The number of amides is 2. The number of nitrogens with zero attached hydrogens (tertiary/aromatic N) is 2. The predicted molar refractivity (Wildman–Crippen MR) is 118 cm³/mol. The maximum Gasteiger partial charge on any atom is 0.322 e. The van der Waals surface area contributed by atoms with Gasteiger partial charge in [-0.25, -0.2) is 4.79 Å². The molecule has 1 aliphatic rings. The molecular formula is C22H21Cl2N3O3. The summed E-state index contributed by atoms with van der Waals surface area (Å²) in [6.45, 7) is 1.22. The van der Waals surface area contributed by atoms with Crippen molar-refractivity contribution in [2.24, 2.45) is 0 Å². The molecule has 2 heterocycles. The Morgan fingerprint density at radius 2 is 1.87 bits per heavy atom. The summed E-state index contributed by atoms with van der Waals surface area (Å²) in [4.78, 5) is 15.1. The van der Waals surface area contributed by atoms with Crippen molar-refractivity contribution < 1.29 is 14.3 Å². The molecule has 0 aliphatic carbocycles. The van der Waals surface area contributed by atoms with E-state index in [4.69, 9.17) is 32.7 Å². The first-order valence-corrected chi connectivity index (χ1v) is 10.2. The summed E-state index contributed by atoms with van der Waals surface area (Å²) < 4.78 is 13.2. The van der Waals surface area contributed by atoms with Gasteiger partial charge in [-0.1, -0.05) is 23.2 Å². The van der Waals surface area contributed by atoms with Crippen LogP contribution in [0.4, 0.5) is 10.5 Å². The molecule has 0 saturated carbocycles.